The first-order valence-corrected chi connectivity index (χ1v) is 8.15. The van der Waals surface area contributed by atoms with Crippen molar-refractivity contribution < 1.29 is 9.84 Å². The Labute approximate surface area is 166 Å². The molecule has 0 amide bonds. The maximum Gasteiger partial charge on any atom is 0.191 e. The number of benzene rings is 2. The van der Waals surface area contributed by atoms with E-state index < -0.39 is 0 Å². The quantitative estimate of drug-likeness (QED) is 0.341. The van der Waals surface area contributed by atoms with Crippen LogP contribution in [0.3, 0.4) is 0 Å². The van der Waals surface area contributed by atoms with Crippen molar-refractivity contribution in [2.24, 2.45) is 4.99 Å². The van der Waals surface area contributed by atoms with E-state index >= 15 is 0 Å². The van der Waals surface area contributed by atoms with Crippen molar-refractivity contribution in [1.82, 2.24) is 10.6 Å². The van der Waals surface area contributed by atoms with Gasteiger partial charge in [0.1, 0.15) is 11.5 Å². The first kappa shape index (κ1) is 21.1. The van der Waals surface area contributed by atoms with Gasteiger partial charge in [-0.05, 0) is 42.7 Å². The van der Waals surface area contributed by atoms with Gasteiger partial charge in [0.05, 0.1) is 13.7 Å². The highest BCUT2D eigenvalue weighted by atomic mass is 127. The van der Waals surface area contributed by atoms with Crippen molar-refractivity contribution in [2.45, 2.75) is 19.9 Å². The van der Waals surface area contributed by atoms with Crippen LogP contribution in [0.5, 0.6) is 11.5 Å². The fourth-order valence-corrected chi connectivity index (χ4v) is 2.39. The number of guanidine groups is 1. The fraction of sp³-hybridized carbons (Fsp3) is 0.316. The summed E-state index contributed by atoms with van der Waals surface area (Å²) in [6, 6.07) is 15.2. The standard InChI is InChI=1S/C19H25N3O2.HI/c1-3-20-19(22-14-15-7-6-9-17(23)13-15)21-12-11-16-8-4-5-10-18(16)24-2;/h4-10,13,23H,3,11-12,14H2,1-2H3,(H2,20,21,22);1H. The topological polar surface area (TPSA) is 65.9 Å². The minimum atomic E-state index is 0. The number of nitrogens with zero attached hydrogens (tertiary/aromatic N) is 1. The van der Waals surface area contributed by atoms with Crippen LogP contribution in [0, 0.1) is 0 Å². The molecule has 2 rings (SSSR count). The van der Waals surface area contributed by atoms with Gasteiger partial charge in [-0.15, -0.1) is 24.0 Å². The molecule has 0 radical (unpaired) electrons. The summed E-state index contributed by atoms with van der Waals surface area (Å²) in [6.07, 6.45) is 0.848. The lowest BCUT2D eigenvalue weighted by atomic mass is 10.1. The Kier molecular flexibility index (Phi) is 9.76. The van der Waals surface area contributed by atoms with Gasteiger partial charge >= 0.3 is 0 Å². The highest BCUT2D eigenvalue weighted by molar-refractivity contribution is 14.0. The SMILES string of the molecule is CCNC(=NCc1cccc(O)c1)NCCc1ccccc1OC.I. The molecule has 0 bridgehead atoms. The van der Waals surface area contributed by atoms with E-state index in [-0.39, 0.29) is 29.7 Å². The third kappa shape index (κ3) is 7.21. The second-order valence-electron chi connectivity index (χ2n) is 5.35. The Balaban J connectivity index is 0.00000312. The summed E-state index contributed by atoms with van der Waals surface area (Å²) in [7, 11) is 1.69. The van der Waals surface area contributed by atoms with Crippen LogP contribution in [0.1, 0.15) is 18.1 Å². The summed E-state index contributed by atoms with van der Waals surface area (Å²) >= 11 is 0. The minimum Gasteiger partial charge on any atom is -0.508 e. The second kappa shape index (κ2) is 11.6. The maximum absolute atomic E-state index is 9.51. The average molecular weight is 455 g/mol. The van der Waals surface area contributed by atoms with Gasteiger partial charge in [0, 0.05) is 13.1 Å². The van der Waals surface area contributed by atoms with Crippen molar-refractivity contribution >= 4 is 29.9 Å². The van der Waals surface area contributed by atoms with Crippen LogP contribution in [0.15, 0.2) is 53.5 Å². The van der Waals surface area contributed by atoms with Crippen molar-refractivity contribution in [3.8, 4) is 11.5 Å². The lowest BCUT2D eigenvalue weighted by Gasteiger charge is -2.12. The van der Waals surface area contributed by atoms with Crippen LogP contribution >= 0.6 is 24.0 Å². The number of phenolic OH excluding ortho intramolecular Hbond substituents is 1. The van der Waals surface area contributed by atoms with E-state index in [0.29, 0.717) is 6.54 Å². The van der Waals surface area contributed by atoms with Crippen LogP contribution in [0.2, 0.25) is 0 Å². The predicted molar refractivity (Wildman–Crippen MR) is 113 cm³/mol. The van der Waals surface area contributed by atoms with Crippen LogP contribution in [0.25, 0.3) is 0 Å². The van der Waals surface area contributed by atoms with E-state index in [0.717, 1.165) is 42.3 Å². The molecule has 0 saturated heterocycles. The van der Waals surface area contributed by atoms with Gasteiger partial charge in [0.15, 0.2) is 5.96 Å². The van der Waals surface area contributed by atoms with Crippen molar-refractivity contribution in [1.29, 1.82) is 0 Å². The zero-order chi connectivity index (χ0) is 17.2. The average Bonchev–Trinajstić information content (AvgIpc) is 2.60. The van der Waals surface area contributed by atoms with E-state index in [2.05, 4.69) is 21.7 Å². The van der Waals surface area contributed by atoms with Gasteiger partial charge in [-0.25, -0.2) is 4.99 Å². The number of hydrogen-bond donors (Lipinski definition) is 3. The third-order valence-corrected chi connectivity index (χ3v) is 3.55. The van der Waals surface area contributed by atoms with E-state index in [1.807, 2.05) is 37.3 Å². The van der Waals surface area contributed by atoms with Gasteiger partial charge in [0.25, 0.3) is 0 Å². The predicted octanol–water partition coefficient (Wildman–Crippen LogP) is 3.32. The van der Waals surface area contributed by atoms with Crippen LogP contribution in [-0.4, -0.2) is 31.3 Å². The Bertz CT molecular complexity index is 677. The Morgan fingerprint density at radius 1 is 1.12 bits per heavy atom. The van der Waals surface area contributed by atoms with Gasteiger partial charge in [-0.1, -0.05) is 30.3 Å². The van der Waals surface area contributed by atoms with Crippen molar-refractivity contribution in [3.05, 3.63) is 59.7 Å². The van der Waals surface area contributed by atoms with Crippen LogP contribution in [-0.2, 0) is 13.0 Å². The highest BCUT2D eigenvalue weighted by Crippen LogP contribution is 2.17. The number of aromatic hydroxyl groups is 1. The van der Waals surface area contributed by atoms with Gasteiger partial charge in [-0.3, -0.25) is 0 Å². The molecule has 0 fully saturated rings. The molecule has 2 aromatic rings. The molecule has 25 heavy (non-hydrogen) atoms. The highest BCUT2D eigenvalue weighted by Gasteiger charge is 2.03. The van der Waals surface area contributed by atoms with E-state index in [9.17, 15) is 5.11 Å². The molecule has 0 spiro atoms. The lowest BCUT2D eigenvalue weighted by Crippen LogP contribution is -2.38. The Hall–Kier alpha value is -1.96. The molecule has 0 aliphatic rings. The number of rotatable bonds is 7. The zero-order valence-corrected chi connectivity index (χ0v) is 17.0. The molecular weight excluding hydrogens is 429 g/mol. The number of ether oxygens (including phenoxy) is 1. The molecule has 0 aliphatic heterocycles. The molecule has 2 aromatic carbocycles. The molecule has 0 aliphatic carbocycles. The molecular formula is C19H26IN3O2. The van der Waals surface area contributed by atoms with E-state index in [1.54, 1.807) is 19.2 Å². The molecule has 0 saturated carbocycles. The minimum absolute atomic E-state index is 0. The maximum atomic E-state index is 9.51. The van der Waals surface area contributed by atoms with Crippen molar-refractivity contribution in [3.63, 3.8) is 0 Å². The lowest BCUT2D eigenvalue weighted by molar-refractivity contribution is 0.409. The summed E-state index contributed by atoms with van der Waals surface area (Å²) in [4.78, 5) is 4.55. The smallest absolute Gasteiger partial charge is 0.191 e. The summed E-state index contributed by atoms with van der Waals surface area (Å²) in [5, 5.41) is 16.1. The summed E-state index contributed by atoms with van der Waals surface area (Å²) < 4.78 is 5.37. The number of aliphatic imine (C=N–C) groups is 1. The Morgan fingerprint density at radius 2 is 1.92 bits per heavy atom. The van der Waals surface area contributed by atoms with E-state index in [4.69, 9.17) is 4.74 Å². The number of halogens is 1. The molecule has 136 valence electrons. The van der Waals surface area contributed by atoms with Gasteiger partial charge in [0.2, 0.25) is 0 Å². The molecule has 6 heteroatoms. The number of hydrogen-bond acceptors (Lipinski definition) is 3. The first-order chi connectivity index (χ1) is 11.7. The van der Waals surface area contributed by atoms with Crippen LogP contribution in [0.4, 0.5) is 0 Å². The third-order valence-electron chi connectivity index (χ3n) is 3.55. The van der Waals surface area contributed by atoms with Gasteiger partial charge in [-0.2, -0.15) is 0 Å². The summed E-state index contributed by atoms with van der Waals surface area (Å²) in [6.45, 7) is 4.09. The molecule has 0 unspecified atom stereocenters. The number of phenols is 1. The monoisotopic (exact) mass is 455 g/mol. The zero-order valence-electron chi connectivity index (χ0n) is 14.7. The van der Waals surface area contributed by atoms with E-state index in [1.165, 1.54) is 0 Å². The Morgan fingerprint density at radius 3 is 2.64 bits per heavy atom. The number of methoxy groups -OCH3 is 1. The molecule has 5 nitrogen and oxygen atoms in total. The largest absolute Gasteiger partial charge is 0.508 e. The second-order valence-corrected chi connectivity index (χ2v) is 5.35. The van der Waals surface area contributed by atoms with Gasteiger partial charge < -0.3 is 20.5 Å². The van der Waals surface area contributed by atoms with Crippen LogP contribution < -0.4 is 15.4 Å². The van der Waals surface area contributed by atoms with Crippen molar-refractivity contribution in [2.75, 3.05) is 20.2 Å². The number of para-hydroxylation sites is 1. The fourth-order valence-electron chi connectivity index (χ4n) is 2.39. The molecule has 0 heterocycles. The normalized spacial score (nSPS) is 10.7. The number of nitrogens with one attached hydrogen (secondary N) is 2. The summed E-state index contributed by atoms with van der Waals surface area (Å²) in [5.41, 5.74) is 2.13. The summed E-state index contributed by atoms with van der Waals surface area (Å²) in [5.74, 6) is 1.92. The molecule has 3 N–H and O–H groups in total. The molecule has 0 atom stereocenters. The first-order valence-electron chi connectivity index (χ1n) is 8.15. The molecule has 0 aromatic heterocycles.